The van der Waals surface area contributed by atoms with Crippen molar-refractivity contribution >= 4 is 11.8 Å². The molecule has 0 bridgehead atoms. The molecule has 1 aliphatic carbocycles. The van der Waals surface area contributed by atoms with Gasteiger partial charge in [-0.25, -0.2) is 0 Å². The molecule has 0 radical (unpaired) electrons. The lowest BCUT2D eigenvalue weighted by Gasteiger charge is -2.20. The zero-order valence-corrected chi connectivity index (χ0v) is 10.0. The predicted octanol–water partition coefficient (Wildman–Crippen LogP) is 1.83. The highest BCUT2D eigenvalue weighted by molar-refractivity contribution is 6.10. The zero-order chi connectivity index (χ0) is 12.2. The summed E-state index contributed by atoms with van der Waals surface area (Å²) in [5.41, 5.74) is 0.898. The maximum atomic E-state index is 12.1. The number of rotatable bonds is 2. The highest BCUT2D eigenvalue weighted by Crippen LogP contribution is 2.63. The lowest BCUT2D eigenvalue weighted by atomic mass is 10.1. The predicted molar refractivity (Wildman–Crippen MR) is 62.8 cm³/mol. The smallest absolute Gasteiger partial charge is 0.233 e. The van der Waals surface area contributed by atoms with Crippen molar-refractivity contribution in [3.05, 3.63) is 35.9 Å². The molecule has 88 valence electrons. The first-order valence-electron chi connectivity index (χ1n) is 5.92. The summed E-state index contributed by atoms with van der Waals surface area (Å²) in [4.78, 5) is 25.6. The van der Waals surface area contributed by atoms with Crippen molar-refractivity contribution in [1.29, 1.82) is 0 Å². The Morgan fingerprint density at radius 1 is 1.06 bits per heavy atom. The highest BCUT2D eigenvalue weighted by Gasteiger charge is 2.72. The number of hydrogen-bond acceptors (Lipinski definition) is 2. The number of amides is 2. The van der Waals surface area contributed by atoms with Crippen molar-refractivity contribution in [2.75, 3.05) is 0 Å². The number of imide groups is 1. The van der Waals surface area contributed by atoms with Crippen molar-refractivity contribution in [3.8, 4) is 0 Å². The largest absolute Gasteiger partial charge is 0.278 e. The summed E-state index contributed by atoms with van der Waals surface area (Å²) in [5, 5.41) is 0. The second kappa shape index (κ2) is 3.19. The lowest BCUT2D eigenvalue weighted by molar-refractivity contribution is -0.143. The monoisotopic (exact) mass is 229 g/mol. The quantitative estimate of drug-likeness (QED) is 0.725. The zero-order valence-electron chi connectivity index (χ0n) is 10.0. The van der Waals surface area contributed by atoms with Crippen LogP contribution >= 0.6 is 0 Å². The maximum Gasteiger partial charge on any atom is 0.233 e. The summed E-state index contributed by atoms with van der Waals surface area (Å²) >= 11 is 0. The molecular weight excluding hydrogens is 214 g/mol. The molecule has 1 aromatic carbocycles. The molecular formula is C14H15NO2. The van der Waals surface area contributed by atoms with Gasteiger partial charge in [0, 0.05) is 0 Å². The Balaban J connectivity index is 1.80. The summed E-state index contributed by atoms with van der Waals surface area (Å²) in [6.07, 6.45) is 0. The van der Waals surface area contributed by atoms with Gasteiger partial charge < -0.3 is 0 Å². The normalized spacial score (nSPS) is 29.4. The van der Waals surface area contributed by atoms with E-state index in [1.807, 2.05) is 44.2 Å². The van der Waals surface area contributed by atoms with Crippen LogP contribution < -0.4 is 0 Å². The minimum absolute atomic E-state index is 0.00820. The second-order valence-corrected chi connectivity index (χ2v) is 5.52. The molecule has 1 heterocycles. The van der Waals surface area contributed by atoms with Crippen LogP contribution in [0.1, 0.15) is 19.4 Å². The van der Waals surface area contributed by atoms with Crippen LogP contribution in [0.15, 0.2) is 30.3 Å². The molecule has 3 heteroatoms. The first-order chi connectivity index (χ1) is 8.03. The molecule has 17 heavy (non-hydrogen) atoms. The molecule has 1 saturated carbocycles. The Bertz CT molecular complexity index is 468. The van der Waals surface area contributed by atoms with Crippen molar-refractivity contribution in [1.82, 2.24) is 4.90 Å². The third-order valence-electron chi connectivity index (χ3n) is 4.08. The standard InChI is InChI=1S/C14H15NO2/c1-14(2)10-11(14)13(17)15(12(10)16)8-9-6-4-3-5-7-9/h3-7,10-11H,8H2,1-2H3. The van der Waals surface area contributed by atoms with E-state index in [0.717, 1.165) is 5.56 Å². The molecule has 3 rings (SSSR count). The fraction of sp³-hybridized carbons (Fsp3) is 0.429. The third-order valence-corrected chi connectivity index (χ3v) is 4.08. The molecule has 2 atom stereocenters. The molecule has 2 aliphatic rings. The number of nitrogens with zero attached hydrogens (tertiary/aromatic N) is 1. The van der Waals surface area contributed by atoms with Gasteiger partial charge in [0.15, 0.2) is 0 Å². The van der Waals surface area contributed by atoms with E-state index < -0.39 is 0 Å². The molecule has 2 unspecified atom stereocenters. The average molecular weight is 229 g/mol. The first kappa shape index (κ1) is 10.5. The van der Waals surface area contributed by atoms with Gasteiger partial charge in [-0.3, -0.25) is 14.5 Å². The fourth-order valence-electron chi connectivity index (χ4n) is 2.93. The molecule has 1 saturated heterocycles. The summed E-state index contributed by atoms with van der Waals surface area (Å²) in [5.74, 6) is -0.125. The average Bonchev–Trinajstić information content (AvgIpc) is 2.78. The topological polar surface area (TPSA) is 37.4 Å². The van der Waals surface area contributed by atoms with Crippen molar-refractivity contribution in [3.63, 3.8) is 0 Å². The number of carbonyl (C=O) groups excluding carboxylic acids is 2. The number of fused-ring (bicyclic) bond motifs is 1. The number of piperidine rings is 1. The third kappa shape index (κ3) is 1.35. The van der Waals surface area contributed by atoms with Crippen LogP contribution in [0.4, 0.5) is 0 Å². The van der Waals surface area contributed by atoms with Gasteiger partial charge >= 0.3 is 0 Å². The van der Waals surface area contributed by atoms with Gasteiger partial charge in [-0.1, -0.05) is 44.2 Å². The van der Waals surface area contributed by atoms with Gasteiger partial charge in [0.1, 0.15) is 0 Å². The van der Waals surface area contributed by atoms with E-state index in [9.17, 15) is 9.59 Å². The Labute approximate surface area is 100 Å². The SMILES string of the molecule is CC1(C)C2C(=O)N(Cc3ccccc3)C(=O)C21. The van der Waals surface area contributed by atoms with Gasteiger partial charge in [0.25, 0.3) is 0 Å². The van der Waals surface area contributed by atoms with Gasteiger partial charge in [0.2, 0.25) is 11.8 Å². The van der Waals surface area contributed by atoms with Crippen molar-refractivity contribution in [2.45, 2.75) is 20.4 Å². The Morgan fingerprint density at radius 3 is 2.12 bits per heavy atom. The van der Waals surface area contributed by atoms with Gasteiger partial charge in [-0.2, -0.15) is 0 Å². The minimum atomic E-state index is -0.110. The number of benzene rings is 1. The molecule has 2 fully saturated rings. The second-order valence-electron chi connectivity index (χ2n) is 5.52. The molecule has 3 nitrogen and oxygen atoms in total. The van der Waals surface area contributed by atoms with Crippen LogP contribution in [0.3, 0.4) is 0 Å². The number of likely N-dealkylation sites (tertiary alicyclic amines) is 1. The molecule has 1 aliphatic heterocycles. The van der Waals surface area contributed by atoms with E-state index in [-0.39, 0.29) is 29.1 Å². The highest BCUT2D eigenvalue weighted by atomic mass is 16.2. The first-order valence-corrected chi connectivity index (χ1v) is 5.92. The van der Waals surface area contributed by atoms with E-state index in [4.69, 9.17) is 0 Å². The lowest BCUT2D eigenvalue weighted by Crippen LogP contribution is -2.35. The Morgan fingerprint density at radius 2 is 1.59 bits per heavy atom. The Kier molecular flexibility index (Phi) is 1.97. The van der Waals surface area contributed by atoms with Crippen LogP contribution in [0, 0.1) is 17.3 Å². The van der Waals surface area contributed by atoms with Crippen LogP contribution in [-0.4, -0.2) is 16.7 Å². The van der Waals surface area contributed by atoms with E-state index in [2.05, 4.69) is 0 Å². The van der Waals surface area contributed by atoms with Gasteiger partial charge in [0.05, 0.1) is 18.4 Å². The van der Waals surface area contributed by atoms with E-state index >= 15 is 0 Å². The van der Waals surface area contributed by atoms with E-state index in [1.54, 1.807) is 0 Å². The summed E-state index contributed by atoms with van der Waals surface area (Å²) in [6, 6.07) is 9.65. The van der Waals surface area contributed by atoms with Crippen molar-refractivity contribution < 1.29 is 9.59 Å². The Hall–Kier alpha value is -1.64. The van der Waals surface area contributed by atoms with E-state index in [0.29, 0.717) is 6.54 Å². The minimum Gasteiger partial charge on any atom is -0.278 e. The molecule has 0 aromatic heterocycles. The summed E-state index contributed by atoms with van der Waals surface area (Å²) in [6.45, 7) is 4.41. The molecule has 0 spiro atoms. The number of hydrogen-bond donors (Lipinski definition) is 0. The molecule has 1 aromatic rings. The number of carbonyl (C=O) groups is 2. The van der Waals surface area contributed by atoms with Crippen LogP contribution in [0.25, 0.3) is 0 Å². The van der Waals surface area contributed by atoms with Crippen LogP contribution in [0.2, 0.25) is 0 Å². The van der Waals surface area contributed by atoms with Gasteiger partial charge in [-0.15, -0.1) is 0 Å². The van der Waals surface area contributed by atoms with Crippen LogP contribution in [0.5, 0.6) is 0 Å². The summed E-state index contributed by atoms with van der Waals surface area (Å²) in [7, 11) is 0. The van der Waals surface area contributed by atoms with Gasteiger partial charge in [-0.05, 0) is 11.0 Å². The van der Waals surface area contributed by atoms with Crippen LogP contribution in [-0.2, 0) is 16.1 Å². The van der Waals surface area contributed by atoms with E-state index in [1.165, 1.54) is 4.90 Å². The maximum absolute atomic E-state index is 12.1. The molecule has 2 amide bonds. The van der Waals surface area contributed by atoms with Crippen molar-refractivity contribution in [2.24, 2.45) is 17.3 Å². The fourth-order valence-corrected chi connectivity index (χ4v) is 2.93. The molecule has 0 N–H and O–H groups in total. The summed E-state index contributed by atoms with van der Waals surface area (Å²) < 4.78 is 0.